The van der Waals surface area contributed by atoms with Crippen LogP contribution in [0.15, 0.2) is 18.2 Å². The number of aryl methyl sites for hydroxylation is 6. The van der Waals surface area contributed by atoms with Gasteiger partial charge in [-0.3, -0.25) is 9.48 Å². The molecule has 0 aliphatic heterocycles. The monoisotopic (exact) mass is 329 g/mol. The summed E-state index contributed by atoms with van der Waals surface area (Å²) in [7, 11) is 0. The van der Waals surface area contributed by atoms with Crippen LogP contribution in [0.25, 0.3) is 0 Å². The fraction of sp³-hybridized carbons (Fsp3) is 0.474. The average molecular weight is 329 g/mol. The van der Waals surface area contributed by atoms with E-state index in [9.17, 15) is 4.79 Å². The van der Waals surface area contributed by atoms with Gasteiger partial charge in [0.15, 0.2) is 6.61 Å². The number of nitrogens with zero attached hydrogens (tertiary/aromatic N) is 2. The number of nitrogens with one attached hydrogen (secondary N) is 1. The molecule has 1 aromatic carbocycles. The third kappa shape index (κ3) is 4.85. The SMILES string of the molecule is Cc1cc(C)c(OCC(=O)NCCCn2nc(C)cc2C)c(C)c1. The van der Waals surface area contributed by atoms with E-state index in [-0.39, 0.29) is 12.5 Å². The van der Waals surface area contributed by atoms with E-state index in [0.717, 1.165) is 41.2 Å². The van der Waals surface area contributed by atoms with Crippen molar-refractivity contribution in [3.8, 4) is 5.75 Å². The van der Waals surface area contributed by atoms with Gasteiger partial charge in [-0.15, -0.1) is 0 Å². The fourth-order valence-corrected chi connectivity index (χ4v) is 2.94. The average Bonchev–Trinajstić information content (AvgIpc) is 2.80. The molecule has 24 heavy (non-hydrogen) atoms. The Labute approximate surface area is 144 Å². The number of hydrogen-bond donors (Lipinski definition) is 1. The lowest BCUT2D eigenvalue weighted by atomic mass is 10.1. The molecule has 1 aromatic heterocycles. The van der Waals surface area contributed by atoms with Gasteiger partial charge in [-0.2, -0.15) is 5.10 Å². The molecule has 0 aliphatic carbocycles. The molecule has 130 valence electrons. The second kappa shape index (κ2) is 7.99. The van der Waals surface area contributed by atoms with Gasteiger partial charge in [-0.25, -0.2) is 0 Å². The van der Waals surface area contributed by atoms with Gasteiger partial charge >= 0.3 is 0 Å². The highest BCUT2D eigenvalue weighted by atomic mass is 16.5. The van der Waals surface area contributed by atoms with Gasteiger partial charge in [-0.1, -0.05) is 17.7 Å². The van der Waals surface area contributed by atoms with Crippen molar-refractivity contribution in [2.75, 3.05) is 13.2 Å². The Hall–Kier alpha value is -2.30. The molecule has 1 amide bonds. The number of rotatable bonds is 7. The predicted octanol–water partition coefficient (Wildman–Crippen LogP) is 3.01. The molecule has 5 nitrogen and oxygen atoms in total. The quantitative estimate of drug-likeness (QED) is 0.795. The summed E-state index contributed by atoms with van der Waals surface area (Å²) in [5, 5.41) is 7.30. The zero-order valence-electron chi connectivity index (χ0n) is 15.3. The Bertz CT molecular complexity index is 696. The van der Waals surface area contributed by atoms with Crippen LogP contribution in [0.3, 0.4) is 0 Å². The van der Waals surface area contributed by atoms with Crippen molar-refractivity contribution < 1.29 is 9.53 Å². The minimum Gasteiger partial charge on any atom is -0.483 e. The highest BCUT2D eigenvalue weighted by Crippen LogP contribution is 2.24. The summed E-state index contributed by atoms with van der Waals surface area (Å²) >= 11 is 0. The lowest BCUT2D eigenvalue weighted by molar-refractivity contribution is -0.123. The summed E-state index contributed by atoms with van der Waals surface area (Å²) in [6.07, 6.45) is 0.844. The first-order valence-corrected chi connectivity index (χ1v) is 8.35. The van der Waals surface area contributed by atoms with Crippen LogP contribution in [0.1, 0.15) is 34.5 Å². The van der Waals surface area contributed by atoms with Gasteiger partial charge in [0.1, 0.15) is 5.75 Å². The van der Waals surface area contributed by atoms with Crippen LogP contribution in [0.4, 0.5) is 0 Å². The van der Waals surface area contributed by atoms with Crippen LogP contribution in [-0.2, 0) is 11.3 Å². The third-order valence-electron chi connectivity index (χ3n) is 3.92. The Morgan fingerprint density at radius 3 is 2.38 bits per heavy atom. The van der Waals surface area contributed by atoms with Crippen molar-refractivity contribution in [3.05, 3.63) is 46.3 Å². The van der Waals surface area contributed by atoms with Gasteiger partial charge < -0.3 is 10.1 Å². The van der Waals surface area contributed by atoms with Crippen molar-refractivity contribution in [1.29, 1.82) is 0 Å². The number of carbonyl (C=O) groups is 1. The third-order valence-corrected chi connectivity index (χ3v) is 3.92. The first kappa shape index (κ1) is 18.0. The Morgan fingerprint density at radius 1 is 1.12 bits per heavy atom. The van der Waals surface area contributed by atoms with Crippen molar-refractivity contribution >= 4 is 5.91 Å². The van der Waals surface area contributed by atoms with Gasteiger partial charge in [0.2, 0.25) is 0 Å². The molecule has 0 radical (unpaired) electrons. The fourth-order valence-electron chi connectivity index (χ4n) is 2.94. The molecular formula is C19H27N3O2. The zero-order valence-corrected chi connectivity index (χ0v) is 15.3. The smallest absolute Gasteiger partial charge is 0.257 e. The van der Waals surface area contributed by atoms with Crippen molar-refractivity contribution in [2.24, 2.45) is 0 Å². The standard InChI is InChI=1S/C19H27N3O2/c1-13-9-14(2)19(15(3)10-13)24-12-18(23)20-7-6-8-22-17(5)11-16(4)21-22/h9-11H,6-8,12H2,1-5H3,(H,20,23). The number of ether oxygens (including phenoxy) is 1. The topological polar surface area (TPSA) is 56.1 Å². The van der Waals surface area contributed by atoms with E-state index in [2.05, 4.69) is 35.5 Å². The highest BCUT2D eigenvalue weighted by molar-refractivity contribution is 5.77. The lowest BCUT2D eigenvalue weighted by Gasteiger charge is -2.13. The van der Waals surface area contributed by atoms with Crippen LogP contribution < -0.4 is 10.1 Å². The number of benzene rings is 1. The number of hydrogen-bond acceptors (Lipinski definition) is 3. The highest BCUT2D eigenvalue weighted by Gasteiger charge is 2.08. The van der Waals surface area contributed by atoms with E-state index in [1.165, 1.54) is 5.56 Å². The molecule has 2 rings (SSSR count). The molecule has 0 unspecified atom stereocenters. The Morgan fingerprint density at radius 2 is 1.79 bits per heavy atom. The minimum atomic E-state index is -0.0947. The number of aromatic nitrogens is 2. The molecule has 2 aromatic rings. The van der Waals surface area contributed by atoms with E-state index in [0.29, 0.717) is 6.54 Å². The molecule has 0 aliphatic rings. The van der Waals surface area contributed by atoms with E-state index in [1.54, 1.807) is 0 Å². The van der Waals surface area contributed by atoms with Gasteiger partial charge in [0.05, 0.1) is 5.69 Å². The second-order valence-corrected chi connectivity index (χ2v) is 6.37. The molecule has 1 N–H and O–H groups in total. The van der Waals surface area contributed by atoms with Crippen molar-refractivity contribution in [3.63, 3.8) is 0 Å². The molecule has 0 spiro atoms. The largest absolute Gasteiger partial charge is 0.483 e. The lowest BCUT2D eigenvalue weighted by Crippen LogP contribution is -2.30. The number of carbonyl (C=O) groups excluding carboxylic acids is 1. The molecule has 0 saturated carbocycles. The van der Waals surface area contributed by atoms with Crippen molar-refractivity contribution in [1.82, 2.24) is 15.1 Å². The Balaban J connectivity index is 1.73. The molecular weight excluding hydrogens is 302 g/mol. The maximum absolute atomic E-state index is 11.9. The predicted molar refractivity (Wildman–Crippen MR) is 95.5 cm³/mol. The molecule has 0 bridgehead atoms. The van der Waals surface area contributed by atoms with Crippen LogP contribution in [0.2, 0.25) is 0 Å². The minimum absolute atomic E-state index is 0.0463. The van der Waals surface area contributed by atoms with Crippen LogP contribution in [0, 0.1) is 34.6 Å². The molecule has 0 fully saturated rings. The van der Waals surface area contributed by atoms with Crippen LogP contribution in [-0.4, -0.2) is 28.8 Å². The summed E-state index contributed by atoms with van der Waals surface area (Å²) in [6.45, 7) is 11.5. The maximum atomic E-state index is 11.9. The van der Waals surface area contributed by atoms with Gasteiger partial charge in [0, 0.05) is 18.8 Å². The van der Waals surface area contributed by atoms with E-state index in [1.807, 2.05) is 32.4 Å². The summed E-state index contributed by atoms with van der Waals surface area (Å²) in [5.41, 5.74) is 5.49. The second-order valence-electron chi connectivity index (χ2n) is 6.37. The van der Waals surface area contributed by atoms with E-state index < -0.39 is 0 Å². The maximum Gasteiger partial charge on any atom is 0.257 e. The normalized spacial score (nSPS) is 10.7. The first-order chi connectivity index (χ1) is 11.4. The summed E-state index contributed by atoms with van der Waals surface area (Å²) in [5.74, 6) is 0.709. The van der Waals surface area contributed by atoms with Gasteiger partial charge in [-0.05, 0) is 58.2 Å². The molecule has 0 saturated heterocycles. The van der Waals surface area contributed by atoms with E-state index in [4.69, 9.17) is 4.74 Å². The number of amides is 1. The molecule has 5 heteroatoms. The van der Waals surface area contributed by atoms with Crippen LogP contribution >= 0.6 is 0 Å². The molecule has 1 heterocycles. The summed E-state index contributed by atoms with van der Waals surface area (Å²) < 4.78 is 7.66. The Kier molecular flexibility index (Phi) is 6.01. The molecule has 0 atom stereocenters. The zero-order chi connectivity index (χ0) is 17.7. The van der Waals surface area contributed by atoms with E-state index >= 15 is 0 Å². The summed E-state index contributed by atoms with van der Waals surface area (Å²) in [6, 6.07) is 6.18. The van der Waals surface area contributed by atoms with Gasteiger partial charge in [0.25, 0.3) is 5.91 Å². The van der Waals surface area contributed by atoms with Crippen molar-refractivity contribution in [2.45, 2.75) is 47.6 Å². The first-order valence-electron chi connectivity index (χ1n) is 8.35. The van der Waals surface area contributed by atoms with Crippen LogP contribution in [0.5, 0.6) is 5.75 Å². The summed E-state index contributed by atoms with van der Waals surface area (Å²) in [4.78, 5) is 11.9.